The van der Waals surface area contributed by atoms with Gasteiger partial charge in [0.05, 0.1) is 27.0 Å². The summed E-state index contributed by atoms with van der Waals surface area (Å²) in [6, 6.07) is 6.74. The summed E-state index contributed by atoms with van der Waals surface area (Å²) in [5, 5.41) is 2.74. The zero-order chi connectivity index (χ0) is 19.6. The molecule has 1 amide bonds. The summed E-state index contributed by atoms with van der Waals surface area (Å²) in [6.07, 6.45) is 0.966. The molecule has 5 nitrogen and oxygen atoms in total. The van der Waals surface area contributed by atoms with Crippen LogP contribution < -0.4 is 9.62 Å². The first-order valence-electron chi connectivity index (χ1n) is 7.21. The van der Waals surface area contributed by atoms with Gasteiger partial charge in [-0.3, -0.25) is 9.10 Å². The van der Waals surface area contributed by atoms with Gasteiger partial charge in [0.2, 0.25) is 15.9 Å². The molecule has 1 N–H and O–H groups in total. The van der Waals surface area contributed by atoms with Crippen molar-refractivity contribution in [1.29, 1.82) is 0 Å². The quantitative estimate of drug-likeness (QED) is 0.741. The summed E-state index contributed by atoms with van der Waals surface area (Å²) in [5.74, 6) is -1.27. The van der Waals surface area contributed by atoms with E-state index in [1.165, 1.54) is 37.3 Å². The predicted octanol–water partition coefficient (Wildman–Crippen LogP) is 4.58. The van der Waals surface area contributed by atoms with Gasteiger partial charge in [-0.1, -0.05) is 34.8 Å². The highest BCUT2D eigenvalue weighted by molar-refractivity contribution is 7.92. The van der Waals surface area contributed by atoms with Crippen molar-refractivity contribution in [2.45, 2.75) is 13.0 Å². The fourth-order valence-electron chi connectivity index (χ4n) is 2.25. The summed E-state index contributed by atoms with van der Waals surface area (Å²) in [6.45, 7) is 1.41. The highest BCUT2D eigenvalue weighted by Crippen LogP contribution is 2.30. The first kappa shape index (κ1) is 20.8. The van der Waals surface area contributed by atoms with E-state index in [2.05, 4.69) is 5.32 Å². The Morgan fingerprint density at radius 1 is 1.08 bits per heavy atom. The van der Waals surface area contributed by atoms with E-state index in [-0.39, 0.29) is 26.4 Å². The summed E-state index contributed by atoms with van der Waals surface area (Å²) in [5.41, 5.74) is 0.414. The van der Waals surface area contributed by atoms with E-state index in [1.54, 1.807) is 0 Å². The third-order valence-corrected chi connectivity index (χ3v) is 5.70. The molecule has 2 aromatic carbocycles. The summed E-state index contributed by atoms with van der Waals surface area (Å²) in [7, 11) is -3.81. The maximum absolute atomic E-state index is 13.2. The Labute approximate surface area is 165 Å². The largest absolute Gasteiger partial charge is 0.324 e. The maximum atomic E-state index is 13.2. The Balaban J connectivity index is 2.34. The smallest absolute Gasteiger partial charge is 0.247 e. The number of amides is 1. The van der Waals surface area contributed by atoms with Gasteiger partial charge in [-0.05, 0) is 43.3 Å². The predicted molar refractivity (Wildman–Crippen MR) is 103 cm³/mol. The van der Waals surface area contributed by atoms with Crippen LogP contribution in [-0.4, -0.2) is 26.6 Å². The summed E-state index contributed by atoms with van der Waals surface area (Å²) < 4.78 is 38.6. The molecular weight excluding hydrogens is 426 g/mol. The van der Waals surface area contributed by atoms with E-state index < -0.39 is 27.8 Å². The first-order chi connectivity index (χ1) is 12.0. The molecule has 0 spiro atoms. The van der Waals surface area contributed by atoms with Gasteiger partial charge in [-0.2, -0.15) is 0 Å². The fraction of sp³-hybridized carbons (Fsp3) is 0.188. The second-order valence-electron chi connectivity index (χ2n) is 5.45. The van der Waals surface area contributed by atoms with E-state index >= 15 is 0 Å². The SMILES string of the molecule is C[C@H](C(=O)Nc1ccc(F)c(Cl)c1)N(c1ccc(Cl)c(Cl)c1)S(C)(=O)=O. The zero-order valence-corrected chi connectivity index (χ0v) is 16.7. The molecule has 2 rings (SSSR count). The number of nitrogens with zero attached hydrogens (tertiary/aromatic N) is 1. The van der Waals surface area contributed by atoms with Crippen LogP contribution in [-0.2, 0) is 14.8 Å². The van der Waals surface area contributed by atoms with Crippen LogP contribution in [0.5, 0.6) is 0 Å². The van der Waals surface area contributed by atoms with Crippen LogP contribution in [0.3, 0.4) is 0 Å². The number of anilines is 2. The second-order valence-corrected chi connectivity index (χ2v) is 8.53. The molecule has 0 aliphatic heterocycles. The topological polar surface area (TPSA) is 66.5 Å². The Kier molecular flexibility index (Phi) is 6.39. The maximum Gasteiger partial charge on any atom is 0.247 e. The van der Waals surface area contributed by atoms with Crippen molar-refractivity contribution in [3.05, 3.63) is 57.3 Å². The van der Waals surface area contributed by atoms with E-state index in [1.807, 2.05) is 0 Å². The van der Waals surface area contributed by atoms with Gasteiger partial charge >= 0.3 is 0 Å². The van der Waals surface area contributed by atoms with Gasteiger partial charge in [0.15, 0.2) is 0 Å². The molecule has 0 aliphatic rings. The van der Waals surface area contributed by atoms with Gasteiger partial charge < -0.3 is 5.32 Å². The van der Waals surface area contributed by atoms with Crippen molar-refractivity contribution < 1.29 is 17.6 Å². The van der Waals surface area contributed by atoms with Gasteiger partial charge in [-0.15, -0.1) is 0 Å². The van der Waals surface area contributed by atoms with Crippen LogP contribution in [0.1, 0.15) is 6.92 Å². The van der Waals surface area contributed by atoms with E-state index in [0.717, 1.165) is 16.6 Å². The van der Waals surface area contributed by atoms with E-state index in [0.29, 0.717) is 0 Å². The molecule has 26 heavy (non-hydrogen) atoms. The number of hydrogen-bond acceptors (Lipinski definition) is 3. The number of halogens is 4. The molecule has 0 bridgehead atoms. The molecule has 140 valence electrons. The zero-order valence-electron chi connectivity index (χ0n) is 13.6. The van der Waals surface area contributed by atoms with Crippen molar-refractivity contribution in [2.75, 3.05) is 15.9 Å². The second kappa shape index (κ2) is 8.00. The molecule has 1 atom stereocenters. The number of carbonyl (C=O) groups excluding carboxylic acids is 1. The van der Waals surface area contributed by atoms with Crippen molar-refractivity contribution in [1.82, 2.24) is 0 Å². The molecule has 0 heterocycles. The van der Waals surface area contributed by atoms with Gasteiger partial charge in [0.25, 0.3) is 0 Å². The standard InChI is InChI=1S/C16H14Cl3FN2O3S/c1-9(16(23)21-10-3-6-15(20)14(19)7-10)22(26(2,24)25)11-4-5-12(17)13(18)8-11/h3-9H,1-2H3,(H,21,23)/t9-/m1/s1. The van der Waals surface area contributed by atoms with E-state index in [4.69, 9.17) is 34.8 Å². The highest BCUT2D eigenvalue weighted by Gasteiger charge is 2.29. The van der Waals surface area contributed by atoms with Gasteiger partial charge in [0.1, 0.15) is 11.9 Å². The lowest BCUT2D eigenvalue weighted by molar-refractivity contribution is -0.116. The number of carbonyl (C=O) groups is 1. The Bertz CT molecular complexity index is 954. The molecule has 0 unspecified atom stereocenters. The lowest BCUT2D eigenvalue weighted by Crippen LogP contribution is -2.45. The normalized spacial score (nSPS) is 12.5. The van der Waals surface area contributed by atoms with Crippen LogP contribution in [0.2, 0.25) is 15.1 Å². The molecule has 0 radical (unpaired) electrons. The number of benzene rings is 2. The van der Waals surface area contributed by atoms with E-state index in [9.17, 15) is 17.6 Å². The third-order valence-electron chi connectivity index (χ3n) is 3.43. The minimum Gasteiger partial charge on any atom is -0.324 e. The molecule has 0 saturated heterocycles. The molecular formula is C16H14Cl3FN2O3S. The molecule has 0 saturated carbocycles. The lowest BCUT2D eigenvalue weighted by Gasteiger charge is -2.28. The van der Waals surface area contributed by atoms with Crippen LogP contribution in [0.15, 0.2) is 36.4 Å². The molecule has 0 aliphatic carbocycles. The number of hydrogen-bond donors (Lipinski definition) is 1. The van der Waals surface area contributed by atoms with Crippen LogP contribution in [0.4, 0.5) is 15.8 Å². The van der Waals surface area contributed by atoms with Gasteiger partial charge in [-0.25, -0.2) is 12.8 Å². The molecule has 2 aromatic rings. The first-order valence-corrected chi connectivity index (χ1v) is 10.2. The van der Waals surface area contributed by atoms with Crippen molar-refractivity contribution in [3.63, 3.8) is 0 Å². The minimum atomic E-state index is -3.81. The van der Waals surface area contributed by atoms with Crippen LogP contribution in [0.25, 0.3) is 0 Å². The number of sulfonamides is 1. The lowest BCUT2D eigenvalue weighted by atomic mass is 10.2. The average molecular weight is 440 g/mol. The Morgan fingerprint density at radius 2 is 1.73 bits per heavy atom. The van der Waals surface area contributed by atoms with Gasteiger partial charge in [0, 0.05) is 5.69 Å². The average Bonchev–Trinajstić information content (AvgIpc) is 2.53. The Hall–Kier alpha value is -1.54. The molecule has 0 aromatic heterocycles. The third kappa shape index (κ3) is 4.79. The highest BCUT2D eigenvalue weighted by atomic mass is 35.5. The number of rotatable bonds is 5. The fourth-order valence-corrected chi connectivity index (χ4v) is 3.89. The summed E-state index contributed by atoms with van der Waals surface area (Å²) >= 11 is 17.5. The molecule has 10 heteroatoms. The van der Waals surface area contributed by atoms with Crippen molar-refractivity contribution in [3.8, 4) is 0 Å². The van der Waals surface area contributed by atoms with Crippen molar-refractivity contribution >= 4 is 62.1 Å². The van der Waals surface area contributed by atoms with Crippen molar-refractivity contribution in [2.24, 2.45) is 0 Å². The molecule has 0 fully saturated rings. The summed E-state index contributed by atoms with van der Waals surface area (Å²) in [4.78, 5) is 12.5. The van der Waals surface area contributed by atoms with Crippen LogP contribution in [0, 0.1) is 5.82 Å². The minimum absolute atomic E-state index is 0.149. The van der Waals surface area contributed by atoms with Crippen LogP contribution >= 0.6 is 34.8 Å². The number of nitrogens with one attached hydrogen (secondary N) is 1. The Morgan fingerprint density at radius 3 is 2.27 bits per heavy atom. The monoisotopic (exact) mass is 438 g/mol.